The van der Waals surface area contributed by atoms with E-state index in [0.717, 1.165) is 34.2 Å². The zero-order chi connectivity index (χ0) is 17.4. The van der Waals surface area contributed by atoms with Gasteiger partial charge in [-0.05, 0) is 38.9 Å². The van der Waals surface area contributed by atoms with Crippen LogP contribution in [0.1, 0.15) is 41.6 Å². The zero-order valence-electron chi connectivity index (χ0n) is 14.5. The first kappa shape index (κ1) is 16.4. The summed E-state index contributed by atoms with van der Waals surface area (Å²) in [5, 5.41) is 15.1. The number of aromatic nitrogens is 3. The Hall–Kier alpha value is -2.12. The maximum atomic E-state index is 10.8. The van der Waals surface area contributed by atoms with E-state index >= 15 is 0 Å². The number of ether oxygens (including phenoxy) is 1. The molecule has 1 saturated heterocycles. The lowest BCUT2D eigenvalue weighted by Crippen LogP contribution is -2.34. The summed E-state index contributed by atoms with van der Waals surface area (Å²) in [6, 6.07) is 8.00. The fourth-order valence-electron chi connectivity index (χ4n) is 3.60. The molecule has 3 heterocycles. The molecule has 0 saturated carbocycles. The summed E-state index contributed by atoms with van der Waals surface area (Å²) in [7, 11) is 1.69. The van der Waals surface area contributed by atoms with Crippen molar-refractivity contribution in [2.45, 2.75) is 32.2 Å². The van der Waals surface area contributed by atoms with Crippen molar-refractivity contribution in [1.82, 2.24) is 19.5 Å². The third-order valence-electron chi connectivity index (χ3n) is 4.74. The number of likely N-dealkylation sites (tertiary alicyclic amines) is 1. The number of para-hydroxylation sites is 1. The van der Waals surface area contributed by atoms with Crippen molar-refractivity contribution >= 4 is 16.3 Å². The summed E-state index contributed by atoms with van der Waals surface area (Å²) in [6.07, 6.45) is 3.61. The van der Waals surface area contributed by atoms with Gasteiger partial charge in [-0.25, -0.2) is 4.98 Å². The van der Waals surface area contributed by atoms with Gasteiger partial charge in [0, 0.05) is 5.56 Å². The van der Waals surface area contributed by atoms with E-state index in [1.165, 1.54) is 30.6 Å². The van der Waals surface area contributed by atoms with Crippen molar-refractivity contribution in [2.75, 3.05) is 20.2 Å². The quantitative estimate of drug-likeness (QED) is 0.774. The second-order valence-corrected chi connectivity index (χ2v) is 7.39. The average Bonchev–Trinajstić information content (AvgIpc) is 3.14. The van der Waals surface area contributed by atoms with E-state index in [0.29, 0.717) is 5.82 Å². The molecule has 4 rings (SSSR count). The molecule has 1 N–H and O–H groups in total. The minimum absolute atomic E-state index is 0.0507. The van der Waals surface area contributed by atoms with Crippen molar-refractivity contribution < 1.29 is 9.84 Å². The molecule has 1 fully saturated rings. The number of methoxy groups -OCH3 is 1. The Morgan fingerprint density at radius 1 is 1.20 bits per heavy atom. The van der Waals surface area contributed by atoms with Crippen LogP contribution >= 0.6 is 11.3 Å². The highest BCUT2D eigenvalue weighted by Crippen LogP contribution is 2.43. The molecule has 1 aliphatic rings. The third kappa shape index (κ3) is 2.87. The van der Waals surface area contributed by atoms with Gasteiger partial charge in [0.25, 0.3) is 0 Å². The summed E-state index contributed by atoms with van der Waals surface area (Å²) in [6.45, 7) is 3.85. The number of aromatic hydroxyl groups is 1. The number of piperidine rings is 1. The number of hydrogen-bond donors (Lipinski definition) is 1. The molecule has 3 aromatic rings. The largest absolute Gasteiger partial charge is 0.496 e. The van der Waals surface area contributed by atoms with Gasteiger partial charge in [0.1, 0.15) is 11.6 Å². The summed E-state index contributed by atoms with van der Waals surface area (Å²) >= 11 is 1.50. The number of thiazole rings is 1. The molecule has 1 aliphatic heterocycles. The van der Waals surface area contributed by atoms with Crippen molar-refractivity contribution in [2.24, 2.45) is 0 Å². The minimum atomic E-state index is -0.0507. The van der Waals surface area contributed by atoms with Gasteiger partial charge >= 0.3 is 0 Å². The van der Waals surface area contributed by atoms with Crippen LogP contribution < -0.4 is 4.74 Å². The predicted molar refractivity (Wildman–Crippen MR) is 97.5 cm³/mol. The van der Waals surface area contributed by atoms with Gasteiger partial charge in [-0.1, -0.05) is 36.0 Å². The number of hydrogen-bond acceptors (Lipinski definition) is 6. The van der Waals surface area contributed by atoms with Gasteiger partial charge in [0.05, 0.1) is 18.0 Å². The maximum Gasteiger partial charge on any atom is 0.230 e. The van der Waals surface area contributed by atoms with Gasteiger partial charge in [-0.2, -0.15) is 4.52 Å². The Labute approximate surface area is 150 Å². The molecule has 6 nitrogen and oxygen atoms in total. The lowest BCUT2D eigenvalue weighted by atomic mass is 9.99. The van der Waals surface area contributed by atoms with Gasteiger partial charge in [-0.15, -0.1) is 5.10 Å². The predicted octanol–water partition coefficient (Wildman–Crippen LogP) is 3.39. The molecule has 0 bridgehead atoms. The number of benzene rings is 1. The van der Waals surface area contributed by atoms with Crippen LogP contribution in [0.3, 0.4) is 0 Å². The summed E-state index contributed by atoms with van der Waals surface area (Å²) in [5.41, 5.74) is 1.07. The Balaban J connectivity index is 1.86. The lowest BCUT2D eigenvalue weighted by molar-refractivity contribution is 0.184. The molecule has 0 unspecified atom stereocenters. The van der Waals surface area contributed by atoms with E-state index < -0.39 is 0 Å². The summed E-state index contributed by atoms with van der Waals surface area (Å²) < 4.78 is 7.15. The number of aryl methyl sites for hydroxylation is 1. The van der Waals surface area contributed by atoms with Gasteiger partial charge in [-0.3, -0.25) is 4.90 Å². The van der Waals surface area contributed by atoms with Crippen molar-refractivity contribution in [3.63, 3.8) is 0 Å². The number of rotatable bonds is 4. The molecule has 1 aromatic carbocycles. The van der Waals surface area contributed by atoms with Crippen molar-refractivity contribution in [3.8, 4) is 11.6 Å². The Morgan fingerprint density at radius 3 is 2.68 bits per heavy atom. The summed E-state index contributed by atoms with van der Waals surface area (Å²) in [5.74, 6) is 1.69. The Kier molecular flexibility index (Phi) is 4.35. The van der Waals surface area contributed by atoms with E-state index in [4.69, 9.17) is 4.74 Å². The summed E-state index contributed by atoms with van der Waals surface area (Å²) in [4.78, 5) is 8.45. The van der Waals surface area contributed by atoms with Crippen molar-refractivity contribution in [1.29, 1.82) is 0 Å². The number of nitrogens with zero attached hydrogens (tertiary/aromatic N) is 4. The minimum Gasteiger partial charge on any atom is -0.496 e. The average molecular weight is 358 g/mol. The monoisotopic (exact) mass is 358 g/mol. The molecule has 7 heteroatoms. The fraction of sp³-hybridized carbons (Fsp3) is 0.444. The molecule has 1 atom stereocenters. The molecule has 0 spiro atoms. The van der Waals surface area contributed by atoms with E-state index in [1.807, 2.05) is 25.1 Å². The highest BCUT2D eigenvalue weighted by atomic mass is 32.1. The molecule has 2 aromatic heterocycles. The SMILES string of the molecule is COc1ccccc1[C@@H](c1sc2nc(C)nn2c1O)N1CCCCC1. The van der Waals surface area contributed by atoms with E-state index in [1.54, 1.807) is 11.6 Å². The van der Waals surface area contributed by atoms with Crippen LogP contribution in [0.25, 0.3) is 4.96 Å². The zero-order valence-corrected chi connectivity index (χ0v) is 15.3. The molecule has 0 radical (unpaired) electrons. The third-order valence-corrected chi connectivity index (χ3v) is 5.82. The van der Waals surface area contributed by atoms with Crippen LogP contribution in [0.5, 0.6) is 11.6 Å². The second-order valence-electron chi connectivity index (χ2n) is 6.38. The normalized spacial score (nSPS) is 17.0. The second kappa shape index (κ2) is 6.65. The molecular weight excluding hydrogens is 336 g/mol. The van der Waals surface area contributed by atoms with Crippen LogP contribution in [-0.4, -0.2) is 44.8 Å². The van der Waals surface area contributed by atoms with Crippen LogP contribution in [0.2, 0.25) is 0 Å². The first-order chi connectivity index (χ1) is 12.2. The highest BCUT2D eigenvalue weighted by Gasteiger charge is 2.31. The van der Waals surface area contributed by atoms with Crippen LogP contribution in [-0.2, 0) is 0 Å². The van der Waals surface area contributed by atoms with Crippen LogP contribution in [0.4, 0.5) is 0 Å². The highest BCUT2D eigenvalue weighted by molar-refractivity contribution is 7.17. The van der Waals surface area contributed by atoms with E-state index in [9.17, 15) is 5.11 Å². The molecular formula is C18H22N4O2S. The molecule has 25 heavy (non-hydrogen) atoms. The van der Waals surface area contributed by atoms with E-state index in [2.05, 4.69) is 21.0 Å². The Bertz CT molecular complexity index is 882. The smallest absolute Gasteiger partial charge is 0.230 e. The first-order valence-electron chi connectivity index (χ1n) is 8.61. The van der Waals surface area contributed by atoms with Gasteiger partial charge in [0.15, 0.2) is 0 Å². The standard InChI is InChI=1S/C18H22N4O2S/c1-12-19-18-22(20-12)17(23)16(25-18)15(21-10-6-3-7-11-21)13-8-4-5-9-14(13)24-2/h4-5,8-9,15,23H,3,6-7,10-11H2,1-2H3/t15-/m0/s1. The topological polar surface area (TPSA) is 62.9 Å². The Morgan fingerprint density at radius 2 is 1.96 bits per heavy atom. The maximum absolute atomic E-state index is 10.8. The van der Waals surface area contributed by atoms with Crippen LogP contribution in [0.15, 0.2) is 24.3 Å². The van der Waals surface area contributed by atoms with E-state index in [-0.39, 0.29) is 11.9 Å². The first-order valence-corrected chi connectivity index (χ1v) is 9.42. The van der Waals surface area contributed by atoms with Gasteiger partial charge < -0.3 is 9.84 Å². The molecule has 132 valence electrons. The lowest BCUT2D eigenvalue weighted by Gasteiger charge is -2.34. The van der Waals surface area contributed by atoms with Crippen molar-refractivity contribution in [3.05, 3.63) is 40.5 Å². The fourth-order valence-corrected chi connectivity index (χ4v) is 4.75. The number of fused-ring (bicyclic) bond motifs is 1. The van der Waals surface area contributed by atoms with Gasteiger partial charge in [0.2, 0.25) is 10.8 Å². The molecule has 0 amide bonds. The van der Waals surface area contributed by atoms with Crippen LogP contribution in [0, 0.1) is 6.92 Å². The molecule has 0 aliphatic carbocycles.